The molecule has 2 nitrogen and oxygen atoms in total. The number of hydrogen-bond acceptors (Lipinski definition) is 2. The zero-order valence-corrected chi connectivity index (χ0v) is 15.5. The number of nitrogens with zero attached hydrogens (tertiary/aromatic N) is 2. The van der Waals surface area contributed by atoms with Crippen LogP contribution in [0.2, 0.25) is 0 Å². The fourth-order valence-electron chi connectivity index (χ4n) is 4.67. The molecule has 2 aliphatic rings. The third-order valence-electron chi connectivity index (χ3n) is 6.17. The molecule has 0 spiro atoms. The monoisotopic (exact) mass is 336 g/mol. The molecular weight excluding hydrogens is 304 g/mol. The molecule has 2 saturated heterocycles. The van der Waals surface area contributed by atoms with Crippen LogP contribution in [0.25, 0.3) is 10.8 Å². The zero-order valence-electron chi connectivity index (χ0n) is 15.5. The molecule has 0 aromatic heterocycles. The van der Waals surface area contributed by atoms with Gasteiger partial charge in [-0.25, -0.2) is 0 Å². The number of piperidine rings is 1. The summed E-state index contributed by atoms with van der Waals surface area (Å²) < 4.78 is 0. The molecule has 0 N–H and O–H groups in total. The Kier molecular flexibility index (Phi) is 5.68. The highest BCUT2D eigenvalue weighted by molar-refractivity contribution is 5.82. The maximum atomic E-state index is 2.80. The first kappa shape index (κ1) is 17.1. The lowest BCUT2D eigenvalue weighted by Crippen LogP contribution is -2.48. The van der Waals surface area contributed by atoms with Crippen LogP contribution in [-0.4, -0.2) is 48.6 Å². The van der Waals surface area contributed by atoms with Crippen molar-refractivity contribution in [1.29, 1.82) is 0 Å². The summed E-state index contributed by atoms with van der Waals surface area (Å²) >= 11 is 0. The van der Waals surface area contributed by atoms with E-state index in [0.29, 0.717) is 0 Å². The van der Waals surface area contributed by atoms with Crippen molar-refractivity contribution < 1.29 is 0 Å². The highest BCUT2D eigenvalue weighted by Gasteiger charge is 2.25. The number of fused-ring (bicyclic) bond motifs is 1. The number of benzene rings is 2. The van der Waals surface area contributed by atoms with Gasteiger partial charge >= 0.3 is 0 Å². The second-order valence-electron chi connectivity index (χ2n) is 7.98. The molecule has 25 heavy (non-hydrogen) atoms. The van der Waals surface area contributed by atoms with Crippen molar-refractivity contribution in [1.82, 2.24) is 9.80 Å². The van der Waals surface area contributed by atoms with Gasteiger partial charge in [0, 0.05) is 19.1 Å². The smallest absolute Gasteiger partial charge is 0.0223 e. The summed E-state index contributed by atoms with van der Waals surface area (Å²) in [6.45, 7) is 6.46. The van der Waals surface area contributed by atoms with Crippen LogP contribution in [0.4, 0.5) is 0 Å². The van der Waals surface area contributed by atoms with Crippen LogP contribution in [0, 0.1) is 0 Å². The Bertz CT molecular complexity index is 673. The number of hydrogen-bond donors (Lipinski definition) is 0. The molecule has 1 unspecified atom stereocenters. The minimum Gasteiger partial charge on any atom is -0.301 e. The van der Waals surface area contributed by atoms with Crippen molar-refractivity contribution in [2.45, 2.75) is 51.0 Å². The standard InChI is InChI=1S/C23H32N2/c1-2-6-16-25(15-5-1)23-10-7-14-24(19-23)17-13-20-11-12-21-8-3-4-9-22(21)18-20/h3-4,8-9,11-12,18,23H,1-2,5-7,10,13-17,19H2. The fraction of sp³-hybridized carbons (Fsp3) is 0.565. The summed E-state index contributed by atoms with van der Waals surface area (Å²) in [5.74, 6) is 0. The van der Waals surface area contributed by atoms with Gasteiger partial charge < -0.3 is 4.90 Å². The van der Waals surface area contributed by atoms with Gasteiger partial charge in [-0.2, -0.15) is 0 Å². The Morgan fingerprint density at radius 3 is 2.44 bits per heavy atom. The van der Waals surface area contributed by atoms with Crippen molar-refractivity contribution in [2.24, 2.45) is 0 Å². The van der Waals surface area contributed by atoms with Crippen LogP contribution >= 0.6 is 0 Å². The van der Waals surface area contributed by atoms with Gasteiger partial charge in [0.1, 0.15) is 0 Å². The molecule has 2 heteroatoms. The van der Waals surface area contributed by atoms with Crippen molar-refractivity contribution in [2.75, 3.05) is 32.7 Å². The van der Waals surface area contributed by atoms with Crippen molar-refractivity contribution in [3.05, 3.63) is 48.0 Å². The molecule has 2 aliphatic heterocycles. The number of likely N-dealkylation sites (tertiary alicyclic amines) is 2. The highest BCUT2D eigenvalue weighted by Crippen LogP contribution is 2.21. The van der Waals surface area contributed by atoms with E-state index in [-0.39, 0.29) is 0 Å². The molecule has 2 aromatic rings. The summed E-state index contributed by atoms with van der Waals surface area (Å²) in [6, 6.07) is 16.5. The lowest BCUT2D eigenvalue weighted by atomic mass is 10.0. The summed E-state index contributed by atoms with van der Waals surface area (Å²) in [5.41, 5.74) is 1.48. The maximum absolute atomic E-state index is 2.80. The first-order chi connectivity index (χ1) is 12.4. The van der Waals surface area contributed by atoms with Gasteiger partial charge in [-0.15, -0.1) is 0 Å². The Labute approximate surface area is 152 Å². The molecule has 0 aliphatic carbocycles. The topological polar surface area (TPSA) is 6.48 Å². The van der Waals surface area contributed by atoms with Crippen molar-refractivity contribution in [3.63, 3.8) is 0 Å². The van der Waals surface area contributed by atoms with Crippen LogP contribution < -0.4 is 0 Å². The molecule has 2 heterocycles. The third kappa shape index (κ3) is 4.43. The van der Waals surface area contributed by atoms with Gasteiger partial charge in [0.25, 0.3) is 0 Å². The van der Waals surface area contributed by atoms with Gasteiger partial charge in [-0.3, -0.25) is 4.90 Å². The van der Waals surface area contributed by atoms with Gasteiger partial charge in [-0.05, 0) is 68.1 Å². The summed E-state index contributed by atoms with van der Waals surface area (Å²) in [5, 5.41) is 2.73. The molecule has 0 saturated carbocycles. The molecule has 1 atom stereocenters. The van der Waals surface area contributed by atoms with E-state index in [1.165, 1.54) is 94.0 Å². The predicted molar refractivity (Wildman–Crippen MR) is 107 cm³/mol. The van der Waals surface area contributed by atoms with E-state index in [9.17, 15) is 0 Å². The first-order valence-electron chi connectivity index (χ1n) is 10.3. The van der Waals surface area contributed by atoms with Crippen molar-refractivity contribution >= 4 is 10.8 Å². The van der Waals surface area contributed by atoms with E-state index in [2.05, 4.69) is 52.3 Å². The zero-order chi connectivity index (χ0) is 16.9. The lowest BCUT2D eigenvalue weighted by molar-refractivity contribution is 0.101. The maximum Gasteiger partial charge on any atom is 0.0223 e. The van der Waals surface area contributed by atoms with E-state index in [1.807, 2.05) is 0 Å². The van der Waals surface area contributed by atoms with Gasteiger partial charge in [0.05, 0.1) is 0 Å². The Balaban J connectivity index is 1.33. The molecule has 0 radical (unpaired) electrons. The Morgan fingerprint density at radius 2 is 1.60 bits per heavy atom. The SMILES string of the molecule is c1ccc2cc(CCN3CCCC(N4CCCCCC4)C3)ccc2c1. The number of rotatable bonds is 4. The van der Waals surface area contributed by atoms with E-state index >= 15 is 0 Å². The third-order valence-corrected chi connectivity index (χ3v) is 6.17. The lowest BCUT2D eigenvalue weighted by Gasteiger charge is -2.39. The van der Waals surface area contributed by atoms with Gasteiger partial charge in [0.15, 0.2) is 0 Å². The predicted octanol–water partition coefficient (Wildman–Crippen LogP) is 4.72. The Morgan fingerprint density at radius 1 is 0.800 bits per heavy atom. The minimum atomic E-state index is 0.809. The van der Waals surface area contributed by atoms with E-state index in [0.717, 1.165) is 6.04 Å². The van der Waals surface area contributed by atoms with Crippen LogP contribution in [0.5, 0.6) is 0 Å². The van der Waals surface area contributed by atoms with Crippen LogP contribution in [0.3, 0.4) is 0 Å². The molecule has 0 amide bonds. The molecule has 2 aromatic carbocycles. The van der Waals surface area contributed by atoms with Gasteiger partial charge in [-0.1, -0.05) is 55.3 Å². The fourth-order valence-corrected chi connectivity index (χ4v) is 4.67. The average Bonchev–Trinajstić information content (AvgIpc) is 2.96. The Hall–Kier alpha value is -1.38. The first-order valence-corrected chi connectivity index (χ1v) is 10.3. The van der Waals surface area contributed by atoms with Crippen molar-refractivity contribution in [3.8, 4) is 0 Å². The van der Waals surface area contributed by atoms with E-state index in [4.69, 9.17) is 0 Å². The summed E-state index contributed by atoms with van der Waals surface area (Å²) in [4.78, 5) is 5.52. The summed E-state index contributed by atoms with van der Waals surface area (Å²) in [7, 11) is 0. The van der Waals surface area contributed by atoms with Crippen LogP contribution in [0.1, 0.15) is 44.1 Å². The second-order valence-corrected chi connectivity index (χ2v) is 7.98. The largest absolute Gasteiger partial charge is 0.301 e. The second kappa shape index (κ2) is 8.33. The molecular formula is C23H32N2. The van der Waals surface area contributed by atoms with Crippen LogP contribution in [0.15, 0.2) is 42.5 Å². The molecule has 0 bridgehead atoms. The average molecular weight is 337 g/mol. The molecule has 2 fully saturated rings. The minimum absolute atomic E-state index is 0.809. The highest BCUT2D eigenvalue weighted by atomic mass is 15.2. The van der Waals surface area contributed by atoms with Crippen LogP contribution in [-0.2, 0) is 6.42 Å². The molecule has 134 valence electrons. The van der Waals surface area contributed by atoms with E-state index < -0.39 is 0 Å². The molecule has 4 rings (SSSR count). The normalized spacial score (nSPS) is 23.6. The van der Waals surface area contributed by atoms with E-state index in [1.54, 1.807) is 0 Å². The quantitative estimate of drug-likeness (QED) is 0.797. The summed E-state index contributed by atoms with van der Waals surface area (Å²) in [6.07, 6.45) is 9.66. The van der Waals surface area contributed by atoms with Gasteiger partial charge in [0.2, 0.25) is 0 Å².